The number of hydrogen-bond donors (Lipinski definition) is 1. The van der Waals surface area contributed by atoms with Crippen LogP contribution in [0.1, 0.15) is 15.2 Å². The van der Waals surface area contributed by atoms with E-state index in [0.29, 0.717) is 11.3 Å². The third-order valence-electron chi connectivity index (χ3n) is 2.96. The number of hydrogen-bond acceptors (Lipinski definition) is 7. The number of oxime groups is 1. The quantitative estimate of drug-likeness (QED) is 0.333. The van der Waals surface area contributed by atoms with Gasteiger partial charge in [-0.3, -0.25) is 0 Å². The minimum absolute atomic E-state index is 0.234. The molecule has 0 aliphatic carbocycles. The van der Waals surface area contributed by atoms with Crippen LogP contribution in [-0.4, -0.2) is 21.4 Å². The zero-order valence-corrected chi connectivity index (χ0v) is 13.5. The highest BCUT2D eigenvalue weighted by Crippen LogP contribution is 2.18. The number of aromatic nitrogens is 2. The van der Waals surface area contributed by atoms with Crippen molar-refractivity contribution in [1.82, 2.24) is 9.59 Å². The van der Waals surface area contributed by atoms with Crippen molar-refractivity contribution in [1.29, 1.82) is 0 Å². The highest BCUT2D eigenvalue weighted by molar-refractivity contribution is 7.11. The minimum atomic E-state index is -0.505. The zero-order valence-electron chi connectivity index (χ0n) is 11.9. The Labute approximate surface area is 140 Å². The average Bonchev–Trinajstić information content (AvgIpc) is 3.26. The predicted octanol–water partition coefficient (Wildman–Crippen LogP) is 2.94. The fourth-order valence-corrected chi connectivity index (χ4v) is 2.92. The number of carbonyl (C=O) groups is 1. The molecule has 2 aromatic heterocycles. The lowest BCUT2D eigenvalue weighted by molar-refractivity contribution is 0.0520. The number of rotatable bonds is 5. The van der Waals surface area contributed by atoms with Crippen LogP contribution >= 0.6 is 22.9 Å². The summed E-state index contributed by atoms with van der Waals surface area (Å²) in [6.45, 7) is 0. The summed E-state index contributed by atoms with van der Waals surface area (Å²) in [6.07, 6.45) is 0.396. The fourth-order valence-electron chi connectivity index (χ4n) is 1.86. The van der Waals surface area contributed by atoms with Crippen LogP contribution in [0.4, 0.5) is 0 Å². The Hall–Kier alpha value is -2.58. The van der Waals surface area contributed by atoms with Gasteiger partial charge in [0, 0.05) is 17.4 Å². The third-order valence-corrected chi connectivity index (χ3v) is 4.32. The van der Waals surface area contributed by atoms with Gasteiger partial charge >= 0.3 is 5.97 Å². The lowest BCUT2D eigenvalue weighted by atomic mass is 10.1. The van der Waals surface area contributed by atoms with Crippen LogP contribution in [0, 0.1) is 0 Å². The zero-order chi connectivity index (χ0) is 16.1. The van der Waals surface area contributed by atoms with Gasteiger partial charge in [0.2, 0.25) is 0 Å². The second-order valence-electron chi connectivity index (χ2n) is 4.60. The normalized spacial score (nSPS) is 11.4. The van der Waals surface area contributed by atoms with Crippen molar-refractivity contribution in [3.8, 4) is 11.3 Å². The van der Waals surface area contributed by atoms with Crippen LogP contribution in [-0.2, 0) is 11.3 Å². The van der Waals surface area contributed by atoms with E-state index in [-0.39, 0.29) is 5.84 Å². The van der Waals surface area contributed by atoms with Gasteiger partial charge in [-0.05, 0) is 28.5 Å². The van der Waals surface area contributed by atoms with E-state index in [9.17, 15) is 4.79 Å². The maximum absolute atomic E-state index is 11.7. The molecule has 6 nitrogen and oxygen atoms in total. The molecule has 0 unspecified atom stereocenters. The Morgan fingerprint density at radius 2 is 2.09 bits per heavy atom. The number of carbonyl (C=O) groups excluding carboxylic acids is 1. The molecular formula is C15H12N4O2S2. The number of thiophene rings is 1. The molecule has 0 spiro atoms. The molecule has 2 N–H and O–H groups in total. The van der Waals surface area contributed by atoms with E-state index in [1.54, 1.807) is 17.5 Å². The number of nitrogens with two attached hydrogens (primary N) is 1. The summed E-state index contributed by atoms with van der Waals surface area (Å²) in [6, 6.07) is 11.2. The Morgan fingerprint density at radius 3 is 2.74 bits per heavy atom. The molecule has 0 atom stereocenters. The second kappa shape index (κ2) is 7.12. The Morgan fingerprint density at radius 1 is 1.26 bits per heavy atom. The molecule has 0 amide bonds. The van der Waals surface area contributed by atoms with Gasteiger partial charge in [-0.15, -0.1) is 16.4 Å². The van der Waals surface area contributed by atoms with Gasteiger partial charge in [-0.1, -0.05) is 40.0 Å². The van der Waals surface area contributed by atoms with E-state index in [0.717, 1.165) is 16.8 Å². The fraction of sp³-hybridized carbons (Fsp3) is 0.0667. The predicted molar refractivity (Wildman–Crippen MR) is 90.4 cm³/mol. The second-order valence-corrected chi connectivity index (χ2v) is 6.16. The molecule has 3 aromatic rings. The minimum Gasteiger partial charge on any atom is -0.384 e. The first-order chi connectivity index (χ1) is 11.2. The van der Waals surface area contributed by atoms with Crippen molar-refractivity contribution in [3.63, 3.8) is 0 Å². The lowest BCUT2D eigenvalue weighted by Gasteiger charge is -2.02. The Kier molecular flexibility index (Phi) is 4.74. The molecule has 0 aliphatic heterocycles. The van der Waals surface area contributed by atoms with Crippen LogP contribution in [0.25, 0.3) is 11.3 Å². The van der Waals surface area contributed by atoms with Gasteiger partial charge in [0.25, 0.3) is 0 Å². The first kappa shape index (κ1) is 15.3. The standard InChI is InChI=1S/C15H12N4O2S2/c16-14(18-21-15(20)13-2-1-7-22-13)8-10-3-5-11(6-4-10)12-9-23-19-17-12/h1-7,9H,8H2,(H2,16,18). The lowest BCUT2D eigenvalue weighted by Crippen LogP contribution is -2.16. The van der Waals surface area contributed by atoms with Gasteiger partial charge in [0.1, 0.15) is 16.4 Å². The van der Waals surface area contributed by atoms with E-state index in [1.807, 2.05) is 29.6 Å². The third kappa shape index (κ3) is 3.99. The molecule has 23 heavy (non-hydrogen) atoms. The Bertz CT molecular complexity index is 797. The van der Waals surface area contributed by atoms with Crippen molar-refractivity contribution in [2.24, 2.45) is 10.9 Å². The highest BCUT2D eigenvalue weighted by atomic mass is 32.1. The largest absolute Gasteiger partial charge is 0.384 e. The molecule has 0 radical (unpaired) electrons. The van der Waals surface area contributed by atoms with Crippen molar-refractivity contribution >= 4 is 34.7 Å². The molecule has 0 aliphatic rings. The SMILES string of the molecule is NC(Cc1ccc(-c2csnn2)cc1)=NOC(=O)c1cccs1. The topological polar surface area (TPSA) is 90.5 Å². The number of benzene rings is 1. The van der Waals surface area contributed by atoms with Crippen LogP contribution in [0.2, 0.25) is 0 Å². The smallest absolute Gasteiger partial charge is 0.375 e. The highest BCUT2D eigenvalue weighted by Gasteiger charge is 2.08. The average molecular weight is 344 g/mol. The first-order valence-corrected chi connectivity index (χ1v) is 8.37. The molecule has 8 heteroatoms. The van der Waals surface area contributed by atoms with Crippen LogP contribution < -0.4 is 5.73 Å². The summed E-state index contributed by atoms with van der Waals surface area (Å²) < 4.78 is 3.84. The van der Waals surface area contributed by atoms with E-state index in [1.165, 1.54) is 22.9 Å². The molecule has 0 saturated heterocycles. The maximum Gasteiger partial charge on any atom is 0.375 e. The van der Waals surface area contributed by atoms with E-state index < -0.39 is 5.97 Å². The van der Waals surface area contributed by atoms with Crippen LogP contribution in [0.5, 0.6) is 0 Å². The monoisotopic (exact) mass is 344 g/mol. The molecule has 2 heterocycles. The summed E-state index contributed by atoms with van der Waals surface area (Å²) in [5.74, 6) is -0.271. The van der Waals surface area contributed by atoms with Gasteiger partial charge in [0.05, 0.1) is 0 Å². The van der Waals surface area contributed by atoms with Gasteiger partial charge in [0.15, 0.2) is 0 Å². The molecular weight excluding hydrogens is 332 g/mol. The molecule has 0 fully saturated rings. The molecule has 0 bridgehead atoms. The van der Waals surface area contributed by atoms with Gasteiger partial charge in [-0.2, -0.15) is 0 Å². The van der Waals surface area contributed by atoms with Crippen LogP contribution in [0.3, 0.4) is 0 Å². The Balaban J connectivity index is 1.60. The van der Waals surface area contributed by atoms with E-state index in [4.69, 9.17) is 10.6 Å². The first-order valence-electron chi connectivity index (χ1n) is 6.66. The molecule has 3 rings (SSSR count). The van der Waals surface area contributed by atoms with E-state index in [2.05, 4.69) is 14.7 Å². The number of nitrogens with zero attached hydrogens (tertiary/aromatic N) is 3. The van der Waals surface area contributed by atoms with Crippen LogP contribution in [0.15, 0.2) is 52.3 Å². The molecule has 0 saturated carbocycles. The van der Waals surface area contributed by atoms with Crippen molar-refractivity contribution in [3.05, 3.63) is 57.6 Å². The summed E-state index contributed by atoms with van der Waals surface area (Å²) in [5.41, 5.74) is 8.59. The number of amidine groups is 1. The summed E-state index contributed by atoms with van der Waals surface area (Å²) >= 11 is 2.60. The van der Waals surface area contributed by atoms with E-state index >= 15 is 0 Å². The van der Waals surface area contributed by atoms with Crippen molar-refractivity contribution in [2.45, 2.75) is 6.42 Å². The van der Waals surface area contributed by atoms with Crippen molar-refractivity contribution < 1.29 is 9.63 Å². The maximum atomic E-state index is 11.7. The van der Waals surface area contributed by atoms with Crippen molar-refractivity contribution in [2.75, 3.05) is 0 Å². The van der Waals surface area contributed by atoms with Gasteiger partial charge < -0.3 is 10.6 Å². The summed E-state index contributed by atoms with van der Waals surface area (Å²) in [5, 5.41) is 11.4. The molecule has 1 aromatic carbocycles. The van der Waals surface area contributed by atoms with Gasteiger partial charge in [-0.25, -0.2) is 4.79 Å². The summed E-state index contributed by atoms with van der Waals surface area (Å²) in [7, 11) is 0. The summed E-state index contributed by atoms with van der Waals surface area (Å²) in [4.78, 5) is 17.0. The molecule has 116 valence electrons.